The fourth-order valence-electron chi connectivity index (χ4n) is 2.65. The summed E-state index contributed by atoms with van der Waals surface area (Å²) in [7, 11) is -11.2. The molecule has 14 nitrogen and oxygen atoms in total. The molecule has 184 valence electrons. The molecule has 2 unspecified atom stereocenters. The zero-order chi connectivity index (χ0) is 25.2. The Bertz CT molecular complexity index is 1250. The zero-order valence-corrected chi connectivity index (χ0v) is 20.2. The van der Waals surface area contributed by atoms with Gasteiger partial charge in [0.15, 0.2) is 16.6 Å². The summed E-state index contributed by atoms with van der Waals surface area (Å²) in [5.41, 5.74) is -0.102. The predicted octanol–water partition coefficient (Wildman–Crippen LogP) is 0.569. The highest BCUT2D eigenvalue weighted by Gasteiger charge is 2.35. The van der Waals surface area contributed by atoms with E-state index in [-0.39, 0.29) is 28.3 Å². The fourth-order valence-corrected chi connectivity index (χ4v) is 4.90. The van der Waals surface area contributed by atoms with Crippen molar-refractivity contribution in [1.82, 2.24) is 9.97 Å². The average Bonchev–Trinajstić information content (AvgIpc) is 2.72. The number of hydrogen-bond donors (Lipinski definition) is 3. The van der Waals surface area contributed by atoms with E-state index in [9.17, 15) is 34.4 Å². The average molecular weight is 527 g/mol. The van der Waals surface area contributed by atoms with Gasteiger partial charge in [-0.2, -0.15) is 26.8 Å². The molecule has 0 amide bonds. The van der Waals surface area contributed by atoms with Gasteiger partial charge in [-0.25, -0.2) is 8.42 Å². The molecule has 17 heteroatoms. The zero-order valence-electron chi connectivity index (χ0n) is 17.8. The first-order valence-corrected chi connectivity index (χ1v) is 13.4. The Morgan fingerprint density at radius 3 is 1.82 bits per heavy atom. The Kier molecular flexibility index (Phi) is 7.74. The molecule has 1 heterocycles. The first kappa shape index (κ1) is 26.5. The number of benzene rings is 1. The molecule has 0 aliphatic carbocycles. The SMILES string of the molecule is COc1cc(NS(=O)(=O)c2ccc(N(C(C)S(=O)(=O)O)C(C)S(=O)(=O)O)cc2)nc(OC)n1. The fraction of sp³-hybridized carbons (Fsp3) is 0.375. The standard InChI is InChI=1S/C16H22N4O10S3/c1-10(32(23,24)25)20(11(2)33(26,27)28)12-5-7-13(8-6-12)31(21,22)19-14-9-15(29-3)18-16(17-14)30-4/h5-11H,1-4H3,(H,17,18,19)(H,23,24,25)(H,26,27,28). The number of aromatic nitrogens is 2. The van der Waals surface area contributed by atoms with Crippen molar-refractivity contribution in [1.29, 1.82) is 0 Å². The van der Waals surface area contributed by atoms with Crippen LogP contribution in [-0.2, 0) is 30.3 Å². The second-order valence-electron chi connectivity index (χ2n) is 6.52. The van der Waals surface area contributed by atoms with Crippen molar-refractivity contribution in [3.63, 3.8) is 0 Å². The maximum atomic E-state index is 12.7. The highest BCUT2D eigenvalue weighted by Crippen LogP contribution is 2.27. The smallest absolute Gasteiger partial charge is 0.321 e. The lowest BCUT2D eigenvalue weighted by molar-refractivity contribution is 0.353. The summed E-state index contributed by atoms with van der Waals surface area (Å²) in [5, 5.41) is -3.56. The van der Waals surface area contributed by atoms with Crippen LogP contribution in [0.2, 0.25) is 0 Å². The summed E-state index contributed by atoms with van der Waals surface area (Å²) in [6.45, 7) is 2.00. The summed E-state index contributed by atoms with van der Waals surface area (Å²) in [6, 6.07) is 5.40. The number of ether oxygens (including phenoxy) is 2. The second kappa shape index (κ2) is 9.64. The minimum Gasteiger partial charge on any atom is -0.481 e. The van der Waals surface area contributed by atoms with E-state index >= 15 is 0 Å². The molecule has 0 fully saturated rings. The van der Waals surface area contributed by atoms with Gasteiger partial charge in [0.05, 0.1) is 19.1 Å². The molecule has 1 aromatic carbocycles. The van der Waals surface area contributed by atoms with Gasteiger partial charge in [0.25, 0.3) is 30.3 Å². The maximum absolute atomic E-state index is 12.7. The van der Waals surface area contributed by atoms with Crippen LogP contribution in [0.15, 0.2) is 35.2 Å². The van der Waals surface area contributed by atoms with E-state index in [1.807, 2.05) is 0 Å². The molecule has 2 atom stereocenters. The van der Waals surface area contributed by atoms with Crippen LogP contribution in [0.4, 0.5) is 11.5 Å². The van der Waals surface area contributed by atoms with Crippen LogP contribution in [0.1, 0.15) is 13.8 Å². The summed E-state index contributed by atoms with van der Waals surface area (Å²) >= 11 is 0. The van der Waals surface area contributed by atoms with Crippen molar-refractivity contribution in [2.45, 2.75) is 29.5 Å². The molecule has 3 N–H and O–H groups in total. The lowest BCUT2D eigenvalue weighted by atomic mass is 10.3. The number of anilines is 2. The summed E-state index contributed by atoms with van der Waals surface area (Å²) in [5.74, 6) is -0.131. The molecular formula is C16H22N4O10S3. The van der Waals surface area contributed by atoms with E-state index in [1.165, 1.54) is 20.3 Å². The molecule has 0 saturated heterocycles. The van der Waals surface area contributed by atoms with Crippen molar-refractivity contribution in [2.75, 3.05) is 23.8 Å². The van der Waals surface area contributed by atoms with Crippen molar-refractivity contribution in [3.05, 3.63) is 30.3 Å². The van der Waals surface area contributed by atoms with Gasteiger partial charge in [0.1, 0.15) is 0 Å². The van der Waals surface area contributed by atoms with E-state index in [0.29, 0.717) is 4.90 Å². The summed E-state index contributed by atoms with van der Waals surface area (Å²) < 4.78 is 103. The maximum Gasteiger partial charge on any atom is 0.321 e. The summed E-state index contributed by atoms with van der Waals surface area (Å²) in [6.07, 6.45) is 0. The van der Waals surface area contributed by atoms with Crippen LogP contribution >= 0.6 is 0 Å². The largest absolute Gasteiger partial charge is 0.481 e. The quantitative estimate of drug-likeness (QED) is 0.363. The molecule has 0 saturated carbocycles. The number of nitrogens with zero attached hydrogens (tertiary/aromatic N) is 3. The minimum atomic E-state index is -4.77. The number of hydrogen-bond acceptors (Lipinski definition) is 11. The third-order valence-electron chi connectivity index (χ3n) is 4.40. The Hall–Kier alpha value is -2.73. The van der Waals surface area contributed by atoms with Crippen molar-refractivity contribution in [2.24, 2.45) is 0 Å². The van der Waals surface area contributed by atoms with Crippen molar-refractivity contribution in [3.8, 4) is 11.9 Å². The van der Waals surface area contributed by atoms with E-state index in [1.54, 1.807) is 0 Å². The van der Waals surface area contributed by atoms with Crippen LogP contribution in [0, 0.1) is 0 Å². The Balaban J connectivity index is 2.44. The number of rotatable bonds is 10. The van der Waals surface area contributed by atoms with Crippen molar-refractivity contribution >= 4 is 41.8 Å². The van der Waals surface area contributed by atoms with Crippen LogP contribution in [-0.4, -0.2) is 69.3 Å². The second-order valence-corrected chi connectivity index (χ2v) is 11.6. The minimum absolute atomic E-state index is 0.0314. The monoisotopic (exact) mass is 526 g/mol. The number of nitrogens with one attached hydrogen (secondary N) is 1. The lowest BCUT2D eigenvalue weighted by Crippen LogP contribution is -2.48. The third-order valence-corrected chi connectivity index (χ3v) is 7.95. The first-order valence-electron chi connectivity index (χ1n) is 8.91. The first-order chi connectivity index (χ1) is 15.1. The van der Waals surface area contributed by atoms with E-state index in [2.05, 4.69) is 14.7 Å². The molecular weight excluding hydrogens is 504 g/mol. The van der Waals surface area contributed by atoms with Gasteiger partial charge in [0.2, 0.25) is 5.88 Å². The predicted molar refractivity (Wildman–Crippen MR) is 117 cm³/mol. The van der Waals surface area contributed by atoms with Crippen molar-refractivity contribution < 1.29 is 43.8 Å². The van der Waals surface area contributed by atoms with Crippen LogP contribution in [0.25, 0.3) is 0 Å². The number of sulfonamides is 1. The van der Waals surface area contributed by atoms with Gasteiger partial charge in [-0.1, -0.05) is 0 Å². The molecule has 1 aromatic heterocycles. The molecule has 2 aromatic rings. The van der Waals surface area contributed by atoms with E-state index in [4.69, 9.17) is 9.47 Å². The molecule has 0 radical (unpaired) electrons. The van der Waals surface area contributed by atoms with E-state index < -0.39 is 41.0 Å². The van der Waals surface area contributed by atoms with Gasteiger partial charge in [-0.15, -0.1) is 0 Å². The summed E-state index contributed by atoms with van der Waals surface area (Å²) in [4.78, 5) is 8.11. The van der Waals surface area contributed by atoms with Crippen LogP contribution in [0.5, 0.6) is 11.9 Å². The van der Waals surface area contributed by atoms with Crippen LogP contribution < -0.4 is 19.1 Å². The van der Waals surface area contributed by atoms with Gasteiger partial charge in [-0.05, 0) is 38.1 Å². The highest BCUT2D eigenvalue weighted by molar-refractivity contribution is 7.92. The molecule has 33 heavy (non-hydrogen) atoms. The molecule has 0 spiro atoms. The highest BCUT2D eigenvalue weighted by atomic mass is 32.2. The molecule has 2 rings (SSSR count). The van der Waals surface area contributed by atoms with Gasteiger partial charge in [0, 0.05) is 11.8 Å². The Morgan fingerprint density at radius 2 is 1.39 bits per heavy atom. The third kappa shape index (κ3) is 6.41. The van der Waals surface area contributed by atoms with Gasteiger partial charge < -0.3 is 14.4 Å². The van der Waals surface area contributed by atoms with Gasteiger partial charge >= 0.3 is 6.01 Å². The topological polar surface area (TPSA) is 202 Å². The lowest BCUT2D eigenvalue weighted by Gasteiger charge is -2.33. The normalized spacial score (nSPS) is 14.2. The number of methoxy groups -OCH3 is 2. The van der Waals surface area contributed by atoms with Gasteiger partial charge in [-0.3, -0.25) is 13.8 Å². The van der Waals surface area contributed by atoms with Crippen LogP contribution in [0.3, 0.4) is 0 Å². The Morgan fingerprint density at radius 1 is 0.879 bits per heavy atom. The Labute approximate surface area is 191 Å². The molecule has 0 aliphatic rings. The molecule has 0 aliphatic heterocycles. The molecule has 0 bridgehead atoms. The van der Waals surface area contributed by atoms with E-state index in [0.717, 1.165) is 38.1 Å².